The topological polar surface area (TPSA) is 47.7 Å². The normalized spacial score (nSPS) is 21.0. The van der Waals surface area contributed by atoms with Crippen LogP contribution in [-0.4, -0.2) is 51.6 Å². The smallest absolute Gasteiger partial charge is 0.102 e. The zero-order valence-corrected chi connectivity index (χ0v) is 8.25. The van der Waals surface area contributed by atoms with Gasteiger partial charge in [-0.1, -0.05) is 0 Å². The molecule has 4 nitrogen and oxygen atoms in total. The first-order valence-electron chi connectivity index (χ1n) is 4.21. The van der Waals surface area contributed by atoms with E-state index >= 15 is 0 Å². The number of morpholine rings is 1. The molecule has 4 heteroatoms. The number of nitrogens with zero attached hydrogens (tertiary/aromatic N) is 1. The summed E-state index contributed by atoms with van der Waals surface area (Å²) >= 11 is 0. The molecule has 1 saturated heterocycles. The van der Waals surface area contributed by atoms with Crippen LogP contribution < -0.4 is 5.73 Å². The van der Waals surface area contributed by atoms with E-state index in [0.29, 0.717) is 0 Å². The zero-order valence-electron chi connectivity index (χ0n) is 8.25. The highest BCUT2D eigenvalue weighted by molar-refractivity contribution is 4.53. The number of hydrogen-bond acceptors (Lipinski definition) is 4. The largest absolute Gasteiger partial charge is 0.379 e. The van der Waals surface area contributed by atoms with Gasteiger partial charge < -0.3 is 20.1 Å². The van der Waals surface area contributed by atoms with Crippen molar-refractivity contribution in [1.29, 1.82) is 0 Å². The zero-order chi connectivity index (χ0) is 9.40. The predicted molar refractivity (Wildman–Crippen MR) is 49.0 cm³/mol. The molecule has 0 aromatic carbocycles. The Balaban J connectivity index is 0.000000217. The lowest BCUT2D eigenvalue weighted by molar-refractivity contribution is 0.0503. The molecule has 0 aliphatic carbocycles. The van der Waals surface area contributed by atoms with Crippen molar-refractivity contribution in [3.05, 3.63) is 0 Å². The molecule has 1 unspecified atom stereocenters. The molecule has 1 fully saturated rings. The summed E-state index contributed by atoms with van der Waals surface area (Å²) in [5, 5.41) is 0. The van der Waals surface area contributed by atoms with E-state index in [9.17, 15) is 0 Å². The molecule has 1 rings (SSSR count). The first-order valence-corrected chi connectivity index (χ1v) is 4.21. The lowest BCUT2D eigenvalue weighted by Gasteiger charge is -2.21. The highest BCUT2D eigenvalue weighted by Crippen LogP contribution is 1.89. The number of likely N-dealkylation sites (N-methyl/N-ethyl adjacent to an activating group) is 1. The molecule has 0 spiro atoms. The van der Waals surface area contributed by atoms with Gasteiger partial charge in [0.05, 0.1) is 13.2 Å². The summed E-state index contributed by atoms with van der Waals surface area (Å²) in [6, 6.07) is 0. The minimum absolute atomic E-state index is 0.116. The molecule has 2 N–H and O–H groups in total. The second kappa shape index (κ2) is 7.49. The molecular weight excluding hydrogens is 156 g/mol. The average molecular weight is 176 g/mol. The Kier molecular flexibility index (Phi) is 7.39. The summed E-state index contributed by atoms with van der Waals surface area (Å²) in [5.41, 5.74) is 5.07. The van der Waals surface area contributed by atoms with Crippen molar-refractivity contribution in [2.45, 2.75) is 13.2 Å². The molecule has 1 aliphatic heterocycles. The molecule has 74 valence electrons. The van der Waals surface area contributed by atoms with Crippen LogP contribution in [0.1, 0.15) is 6.92 Å². The van der Waals surface area contributed by atoms with Gasteiger partial charge in [-0.3, -0.25) is 0 Å². The van der Waals surface area contributed by atoms with Gasteiger partial charge in [0.1, 0.15) is 6.23 Å². The summed E-state index contributed by atoms with van der Waals surface area (Å²) in [4.78, 5) is 2.27. The van der Waals surface area contributed by atoms with Crippen LogP contribution in [0, 0.1) is 0 Å². The monoisotopic (exact) mass is 176 g/mol. The number of ether oxygens (including phenoxy) is 2. The fourth-order valence-electron chi connectivity index (χ4n) is 0.655. The molecule has 0 aromatic heterocycles. The van der Waals surface area contributed by atoms with Crippen LogP contribution in [-0.2, 0) is 9.47 Å². The third kappa shape index (κ3) is 7.94. The molecule has 1 atom stereocenters. The van der Waals surface area contributed by atoms with Gasteiger partial charge in [-0.2, -0.15) is 0 Å². The van der Waals surface area contributed by atoms with Crippen LogP contribution in [0.25, 0.3) is 0 Å². The van der Waals surface area contributed by atoms with E-state index in [0.717, 1.165) is 26.3 Å². The van der Waals surface area contributed by atoms with Crippen LogP contribution in [0.15, 0.2) is 0 Å². The molecule has 1 heterocycles. The first-order chi connectivity index (χ1) is 5.66. The van der Waals surface area contributed by atoms with Crippen molar-refractivity contribution in [1.82, 2.24) is 4.90 Å². The second-order valence-electron chi connectivity index (χ2n) is 2.86. The Morgan fingerprint density at radius 1 is 1.42 bits per heavy atom. The average Bonchev–Trinajstić information content (AvgIpc) is 2.07. The Morgan fingerprint density at radius 3 is 2.00 bits per heavy atom. The molecular formula is C8H20N2O2. The number of methoxy groups -OCH3 is 1. The van der Waals surface area contributed by atoms with Crippen molar-refractivity contribution in [3.8, 4) is 0 Å². The van der Waals surface area contributed by atoms with Gasteiger partial charge in [-0.25, -0.2) is 0 Å². The van der Waals surface area contributed by atoms with Crippen molar-refractivity contribution in [2.24, 2.45) is 5.73 Å². The van der Waals surface area contributed by atoms with Crippen LogP contribution >= 0.6 is 0 Å². The second-order valence-corrected chi connectivity index (χ2v) is 2.86. The van der Waals surface area contributed by atoms with Crippen LogP contribution in [0.3, 0.4) is 0 Å². The third-order valence-electron chi connectivity index (χ3n) is 1.61. The van der Waals surface area contributed by atoms with Gasteiger partial charge in [0.2, 0.25) is 0 Å². The summed E-state index contributed by atoms with van der Waals surface area (Å²) in [5.74, 6) is 0. The molecule has 0 aromatic rings. The Bertz CT molecular complexity index is 93.1. The van der Waals surface area contributed by atoms with Gasteiger partial charge >= 0.3 is 0 Å². The van der Waals surface area contributed by atoms with Crippen molar-refractivity contribution >= 4 is 0 Å². The molecule has 0 bridgehead atoms. The SMILES string of the molecule is CN1CCOCC1.COC(C)N. The Labute approximate surface area is 74.6 Å². The lowest BCUT2D eigenvalue weighted by atomic mass is 10.5. The minimum atomic E-state index is -0.116. The van der Waals surface area contributed by atoms with Gasteiger partial charge in [0, 0.05) is 20.2 Å². The quantitative estimate of drug-likeness (QED) is 0.566. The molecule has 0 radical (unpaired) electrons. The predicted octanol–water partition coefficient (Wildman–Crippen LogP) is -0.114. The standard InChI is InChI=1S/C5H11NO.C3H9NO/c1-6-2-4-7-5-3-6;1-3(4)5-2/h2-5H2,1H3;3H,4H2,1-2H3. The maximum Gasteiger partial charge on any atom is 0.102 e. The van der Waals surface area contributed by atoms with Gasteiger partial charge in [-0.15, -0.1) is 0 Å². The van der Waals surface area contributed by atoms with E-state index in [1.54, 1.807) is 14.0 Å². The Morgan fingerprint density at radius 2 is 1.83 bits per heavy atom. The van der Waals surface area contributed by atoms with E-state index in [2.05, 4.69) is 16.7 Å². The van der Waals surface area contributed by atoms with Crippen molar-refractivity contribution < 1.29 is 9.47 Å². The van der Waals surface area contributed by atoms with Crippen molar-refractivity contribution in [2.75, 3.05) is 40.5 Å². The maximum atomic E-state index is 5.10. The summed E-state index contributed by atoms with van der Waals surface area (Å²) in [7, 11) is 3.69. The van der Waals surface area contributed by atoms with E-state index < -0.39 is 0 Å². The Hall–Kier alpha value is -0.160. The number of rotatable bonds is 1. The minimum Gasteiger partial charge on any atom is -0.379 e. The number of hydrogen-bond donors (Lipinski definition) is 1. The molecule has 1 aliphatic rings. The van der Waals surface area contributed by atoms with Gasteiger partial charge in [-0.05, 0) is 14.0 Å². The van der Waals surface area contributed by atoms with Gasteiger partial charge in [0.25, 0.3) is 0 Å². The van der Waals surface area contributed by atoms with E-state index in [1.165, 1.54) is 0 Å². The molecule has 0 saturated carbocycles. The fraction of sp³-hybridized carbons (Fsp3) is 1.00. The summed E-state index contributed by atoms with van der Waals surface area (Å²) in [6.07, 6.45) is -0.116. The first kappa shape index (κ1) is 11.8. The number of nitrogens with two attached hydrogens (primary N) is 1. The highest BCUT2D eigenvalue weighted by Gasteiger charge is 2.02. The lowest BCUT2D eigenvalue weighted by Crippen LogP contribution is -2.32. The fourth-order valence-corrected chi connectivity index (χ4v) is 0.655. The van der Waals surface area contributed by atoms with Crippen LogP contribution in [0.5, 0.6) is 0 Å². The van der Waals surface area contributed by atoms with E-state index in [-0.39, 0.29) is 6.23 Å². The third-order valence-corrected chi connectivity index (χ3v) is 1.61. The maximum absolute atomic E-state index is 5.10. The summed E-state index contributed by atoms with van der Waals surface area (Å²) in [6.45, 7) is 5.80. The highest BCUT2D eigenvalue weighted by atomic mass is 16.5. The van der Waals surface area contributed by atoms with E-state index in [4.69, 9.17) is 10.5 Å². The van der Waals surface area contributed by atoms with E-state index in [1.807, 2.05) is 0 Å². The van der Waals surface area contributed by atoms with Crippen LogP contribution in [0.2, 0.25) is 0 Å². The summed E-state index contributed by atoms with van der Waals surface area (Å²) < 4.78 is 9.63. The molecule has 12 heavy (non-hydrogen) atoms. The molecule has 0 amide bonds. The van der Waals surface area contributed by atoms with Crippen LogP contribution in [0.4, 0.5) is 0 Å². The van der Waals surface area contributed by atoms with Gasteiger partial charge in [0.15, 0.2) is 0 Å². The van der Waals surface area contributed by atoms with Crippen molar-refractivity contribution in [3.63, 3.8) is 0 Å².